The Morgan fingerprint density at radius 3 is 2.71 bits per heavy atom. The molecule has 0 atom stereocenters. The molecule has 1 aliphatic rings. The molecule has 0 fully saturated rings. The third-order valence-corrected chi connectivity index (χ3v) is 6.53. The number of pyridine rings is 1. The van der Waals surface area contributed by atoms with E-state index in [1.165, 1.54) is 16.0 Å². The fraction of sp³-hybridized carbons (Fsp3) is 0.158. The zero-order valence-corrected chi connectivity index (χ0v) is 15.5. The molecule has 4 rings (SSSR count). The molecule has 0 N–H and O–H groups in total. The van der Waals surface area contributed by atoms with Gasteiger partial charge in [0.15, 0.2) is 0 Å². The number of allylic oxidation sites excluding steroid dienone is 1. The van der Waals surface area contributed by atoms with Gasteiger partial charge in [-0.2, -0.15) is 5.26 Å². The minimum absolute atomic E-state index is 0.723. The third-order valence-electron chi connectivity index (χ3n) is 4.15. The van der Waals surface area contributed by atoms with Gasteiger partial charge in [-0.05, 0) is 59.2 Å². The van der Waals surface area contributed by atoms with Crippen LogP contribution in [-0.4, -0.2) is 11.2 Å². The van der Waals surface area contributed by atoms with Gasteiger partial charge in [0.05, 0.1) is 11.3 Å². The molecule has 0 bridgehead atoms. The molecule has 0 amide bonds. The molecule has 3 aromatic heterocycles. The van der Waals surface area contributed by atoms with Crippen LogP contribution in [0, 0.1) is 11.3 Å². The highest BCUT2D eigenvalue weighted by atomic mass is 32.2. The van der Waals surface area contributed by atoms with Crippen molar-refractivity contribution in [3.8, 4) is 16.5 Å². The minimum atomic E-state index is 0.723. The van der Waals surface area contributed by atoms with Gasteiger partial charge in [-0.3, -0.25) is 0 Å². The van der Waals surface area contributed by atoms with E-state index in [-0.39, 0.29) is 0 Å². The van der Waals surface area contributed by atoms with Crippen molar-refractivity contribution < 1.29 is 0 Å². The van der Waals surface area contributed by atoms with Crippen molar-refractivity contribution in [2.45, 2.75) is 17.9 Å². The molecule has 24 heavy (non-hydrogen) atoms. The molecule has 0 spiro atoms. The summed E-state index contributed by atoms with van der Waals surface area (Å²) in [7, 11) is 0. The summed E-state index contributed by atoms with van der Waals surface area (Å²) in [4.78, 5) is 7.28. The second kappa shape index (κ2) is 6.56. The molecule has 1 aliphatic carbocycles. The van der Waals surface area contributed by atoms with E-state index in [4.69, 9.17) is 4.98 Å². The summed E-state index contributed by atoms with van der Waals surface area (Å²) in [5.74, 6) is 0. The summed E-state index contributed by atoms with van der Waals surface area (Å²) < 4.78 is 0. The molecule has 0 saturated carbocycles. The maximum atomic E-state index is 9.72. The molecular formula is C19H14N2S3. The summed E-state index contributed by atoms with van der Waals surface area (Å²) >= 11 is 4.99. The Kier molecular flexibility index (Phi) is 4.28. The van der Waals surface area contributed by atoms with Crippen LogP contribution in [0.15, 0.2) is 40.1 Å². The van der Waals surface area contributed by atoms with Crippen LogP contribution >= 0.6 is 34.4 Å². The molecule has 0 aliphatic heterocycles. The number of rotatable bonds is 3. The van der Waals surface area contributed by atoms with Gasteiger partial charge in [0.2, 0.25) is 0 Å². The Hall–Kier alpha value is -1.87. The van der Waals surface area contributed by atoms with E-state index < -0.39 is 0 Å². The van der Waals surface area contributed by atoms with Crippen molar-refractivity contribution in [3.05, 3.63) is 56.7 Å². The van der Waals surface area contributed by atoms with E-state index >= 15 is 0 Å². The van der Waals surface area contributed by atoms with E-state index in [0.29, 0.717) is 0 Å². The molecule has 5 heteroatoms. The van der Waals surface area contributed by atoms with E-state index in [0.717, 1.165) is 39.6 Å². The summed E-state index contributed by atoms with van der Waals surface area (Å²) in [6.07, 6.45) is 6.18. The van der Waals surface area contributed by atoms with Crippen LogP contribution in [0.1, 0.15) is 28.1 Å². The Morgan fingerprint density at radius 1 is 1.21 bits per heavy atom. The number of hydrogen-bond donors (Lipinski definition) is 0. The average Bonchev–Trinajstić information content (AvgIpc) is 3.36. The quantitative estimate of drug-likeness (QED) is 0.537. The van der Waals surface area contributed by atoms with Crippen LogP contribution in [0.25, 0.3) is 22.1 Å². The number of nitrogens with zero attached hydrogens (tertiary/aromatic N) is 2. The molecule has 0 saturated heterocycles. The summed E-state index contributed by atoms with van der Waals surface area (Å²) in [6.45, 7) is 0. The van der Waals surface area contributed by atoms with Crippen LogP contribution < -0.4 is 0 Å². The van der Waals surface area contributed by atoms with Crippen molar-refractivity contribution in [2.75, 3.05) is 6.26 Å². The molecule has 3 aromatic rings. The lowest BCUT2D eigenvalue weighted by molar-refractivity contribution is 1.05. The lowest BCUT2D eigenvalue weighted by Gasteiger charge is -2.12. The first-order valence-corrected chi connectivity index (χ1v) is 10.6. The van der Waals surface area contributed by atoms with Crippen molar-refractivity contribution in [3.63, 3.8) is 0 Å². The van der Waals surface area contributed by atoms with Crippen LogP contribution in [0.2, 0.25) is 0 Å². The summed E-state index contributed by atoms with van der Waals surface area (Å²) in [5.41, 5.74) is 5.41. The molecule has 0 radical (unpaired) electrons. The van der Waals surface area contributed by atoms with Gasteiger partial charge in [0.1, 0.15) is 11.1 Å². The lowest BCUT2D eigenvalue weighted by atomic mass is 10.0. The van der Waals surface area contributed by atoms with Gasteiger partial charge in [-0.1, -0.05) is 12.1 Å². The van der Waals surface area contributed by atoms with Gasteiger partial charge in [0, 0.05) is 15.3 Å². The minimum Gasteiger partial charge on any atom is -0.240 e. The normalized spacial score (nSPS) is 14.8. The van der Waals surface area contributed by atoms with Crippen LogP contribution in [-0.2, 0) is 6.42 Å². The number of fused-ring (bicyclic) bond motifs is 1. The number of hydrogen-bond acceptors (Lipinski definition) is 5. The van der Waals surface area contributed by atoms with Crippen LogP contribution in [0.4, 0.5) is 0 Å². The third kappa shape index (κ3) is 2.61. The maximum Gasteiger partial charge on any atom is 0.115 e. The first-order chi connectivity index (χ1) is 11.8. The predicted molar refractivity (Wildman–Crippen MR) is 105 cm³/mol. The average molecular weight is 367 g/mol. The van der Waals surface area contributed by atoms with Gasteiger partial charge in [0.25, 0.3) is 0 Å². The zero-order valence-electron chi connectivity index (χ0n) is 13.1. The number of thiophene rings is 2. The van der Waals surface area contributed by atoms with Gasteiger partial charge >= 0.3 is 0 Å². The summed E-state index contributed by atoms with van der Waals surface area (Å²) in [6, 6.07) is 10.8. The predicted octanol–water partition coefficient (Wildman–Crippen LogP) is 5.95. The number of thioether (sulfide) groups is 1. The molecule has 2 nitrogen and oxygen atoms in total. The second-order valence-corrected chi connectivity index (χ2v) is 8.19. The molecule has 0 aromatic carbocycles. The van der Waals surface area contributed by atoms with Gasteiger partial charge in [-0.15, -0.1) is 34.4 Å². The SMILES string of the molecule is CSc1nc2c(c(-c3cccs3)c1C#N)CCC2=Cc1cccs1. The van der Waals surface area contributed by atoms with E-state index in [2.05, 4.69) is 41.1 Å². The topological polar surface area (TPSA) is 36.7 Å². The number of aromatic nitrogens is 1. The van der Waals surface area contributed by atoms with Crippen LogP contribution in [0.3, 0.4) is 0 Å². The highest BCUT2D eigenvalue weighted by molar-refractivity contribution is 7.98. The lowest BCUT2D eigenvalue weighted by Crippen LogP contribution is -1.99. The first-order valence-electron chi connectivity index (χ1n) is 7.61. The molecule has 0 unspecified atom stereocenters. The molecule has 118 valence electrons. The Labute approximate surface area is 153 Å². The maximum absolute atomic E-state index is 9.72. The van der Waals surface area contributed by atoms with E-state index in [9.17, 15) is 5.26 Å². The smallest absolute Gasteiger partial charge is 0.115 e. The fourth-order valence-electron chi connectivity index (χ4n) is 3.12. The Balaban J connectivity index is 1.96. The monoisotopic (exact) mass is 366 g/mol. The van der Waals surface area contributed by atoms with Gasteiger partial charge in [-0.25, -0.2) is 4.98 Å². The largest absolute Gasteiger partial charge is 0.240 e. The standard InChI is InChI=1S/C19H14N2S3/c1-22-19-15(11-20)17(16-5-3-9-24-16)14-7-6-12(18(14)21-19)10-13-4-2-8-23-13/h2-5,8-10H,6-7H2,1H3. The number of nitriles is 1. The highest BCUT2D eigenvalue weighted by Crippen LogP contribution is 2.43. The van der Waals surface area contributed by atoms with Crippen molar-refractivity contribution >= 4 is 46.1 Å². The fourth-order valence-corrected chi connectivity index (χ4v) is 5.14. The van der Waals surface area contributed by atoms with Gasteiger partial charge < -0.3 is 0 Å². The Bertz CT molecular complexity index is 946. The van der Waals surface area contributed by atoms with Crippen molar-refractivity contribution in [1.82, 2.24) is 4.98 Å². The van der Waals surface area contributed by atoms with Crippen molar-refractivity contribution in [2.24, 2.45) is 0 Å². The molecule has 3 heterocycles. The van der Waals surface area contributed by atoms with E-state index in [1.807, 2.05) is 12.3 Å². The Morgan fingerprint density at radius 2 is 2.04 bits per heavy atom. The zero-order chi connectivity index (χ0) is 16.5. The highest BCUT2D eigenvalue weighted by Gasteiger charge is 2.27. The second-order valence-electron chi connectivity index (χ2n) is 5.47. The summed E-state index contributed by atoms with van der Waals surface area (Å²) in [5, 5.41) is 14.7. The van der Waals surface area contributed by atoms with Crippen LogP contribution in [0.5, 0.6) is 0 Å². The first kappa shape index (κ1) is 15.6. The van der Waals surface area contributed by atoms with E-state index in [1.54, 1.807) is 34.4 Å². The molecular weight excluding hydrogens is 352 g/mol. The van der Waals surface area contributed by atoms with Crippen molar-refractivity contribution in [1.29, 1.82) is 5.26 Å².